The molecule has 1 aromatic rings. The molecule has 0 aromatic heterocycles. The predicted octanol–water partition coefficient (Wildman–Crippen LogP) is 7.61. The summed E-state index contributed by atoms with van der Waals surface area (Å²) < 4.78 is 5.96. The van der Waals surface area contributed by atoms with Crippen LogP contribution in [0, 0.1) is 0 Å². The third kappa shape index (κ3) is 12.9. The van der Waals surface area contributed by atoms with Crippen LogP contribution in [0.25, 0.3) is 0 Å². The van der Waals surface area contributed by atoms with Crippen molar-refractivity contribution >= 4 is 0 Å². The Kier molecular flexibility index (Phi) is 14.2. The lowest BCUT2D eigenvalue weighted by atomic mass is 10.0. The summed E-state index contributed by atoms with van der Waals surface area (Å²) in [7, 11) is 4.09. The van der Waals surface area contributed by atoms with Gasteiger partial charge >= 0.3 is 0 Å². The molecule has 0 amide bonds. The Balaban J connectivity index is 1.99. The Labute approximate surface area is 169 Å². The maximum atomic E-state index is 5.96. The molecule has 0 saturated carbocycles. The molecular formula is C25H45NO. The fraction of sp³-hybridized carbons (Fsp3) is 0.760. The third-order valence-electron chi connectivity index (χ3n) is 5.50. The summed E-state index contributed by atoms with van der Waals surface area (Å²) in [6, 6.07) is 8.62. The second kappa shape index (κ2) is 16.0. The highest BCUT2D eigenvalue weighted by molar-refractivity contribution is 5.28. The third-order valence-corrected chi connectivity index (χ3v) is 5.50. The summed E-state index contributed by atoms with van der Waals surface area (Å²) in [6.07, 6.45) is 19.6. The first-order valence-corrected chi connectivity index (χ1v) is 11.6. The highest BCUT2D eigenvalue weighted by Crippen LogP contribution is 2.18. The Hall–Kier alpha value is -1.02. The van der Waals surface area contributed by atoms with Gasteiger partial charge in [0, 0.05) is 0 Å². The van der Waals surface area contributed by atoms with Crippen LogP contribution in [-0.4, -0.2) is 25.2 Å². The minimum Gasteiger partial charge on any atom is -0.475 e. The van der Waals surface area contributed by atoms with E-state index in [0.717, 1.165) is 5.75 Å². The number of hydrogen-bond donors (Lipinski definition) is 0. The molecule has 0 aliphatic carbocycles. The molecule has 27 heavy (non-hydrogen) atoms. The monoisotopic (exact) mass is 375 g/mol. The van der Waals surface area contributed by atoms with E-state index in [0.29, 0.717) is 0 Å². The fourth-order valence-electron chi connectivity index (χ4n) is 3.42. The second-order valence-electron chi connectivity index (χ2n) is 8.32. The summed E-state index contributed by atoms with van der Waals surface area (Å²) in [4.78, 5) is 2.08. The number of benzene rings is 1. The maximum absolute atomic E-state index is 5.96. The van der Waals surface area contributed by atoms with E-state index in [4.69, 9.17) is 4.74 Å². The van der Waals surface area contributed by atoms with E-state index in [1.807, 2.05) is 14.1 Å². The predicted molar refractivity (Wildman–Crippen MR) is 120 cm³/mol. The molecule has 0 fully saturated rings. The van der Waals surface area contributed by atoms with Crippen LogP contribution in [0.2, 0.25) is 0 Å². The average Bonchev–Trinajstić information content (AvgIpc) is 2.65. The summed E-state index contributed by atoms with van der Waals surface area (Å²) in [6.45, 7) is 4.37. The van der Waals surface area contributed by atoms with Crippen molar-refractivity contribution in [3.05, 3.63) is 29.8 Å². The summed E-state index contributed by atoms with van der Waals surface area (Å²) in [5.74, 6) is 0.989. The number of aryl methyl sites for hydroxylation is 1. The van der Waals surface area contributed by atoms with E-state index < -0.39 is 0 Å². The van der Waals surface area contributed by atoms with Gasteiger partial charge in [0.2, 0.25) is 0 Å². The van der Waals surface area contributed by atoms with E-state index in [9.17, 15) is 0 Å². The fourth-order valence-corrected chi connectivity index (χ4v) is 3.42. The van der Waals surface area contributed by atoms with Crippen LogP contribution in [-0.2, 0) is 6.42 Å². The minimum atomic E-state index is 0.108. The summed E-state index contributed by atoms with van der Waals surface area (Å²) in [5, 5.41) is 0. The van der Waals surface area contributed by atoms with Crippen molar-refractivity contribution in [2.75, 3.05) is 14.1 Å². The zero-order valence-electron chi connectivity index (χ0n) is 18.6. The average molecular weight is 376 g/mol. The molecule has 0 aliphatic rings. The van der Waals surface area contributed by atoms with Gasteiger partial charge in [-0.15, -0.1) is 0 Å². The van der Waals surface area contributed by atoms with E-state index in [-0.39, 0.29) is 6.23 Å². The lowest BCUT2D eigenvalue weighted by Crippen LogP contribution is -2.30. The van der Waals surface area contributed by atoms with Gasteiger partial charge in [-0.25, -0.2) is 0 Å². The van der Waals surface area contributed by atoms with Gasteiger partial charge < -0.3 is 4.74 Å². The van der Waals surface area contributed by atoms with Crippen molar-refractivity contribution in [1.29, 1.82) is 0 Å². The normalized spacial score (nSPS) is 12.5. The Morgan fingerprint density at radius 2 is 1.30 bits per heavy atom. The SMILES string of the molecule is CCCCCCCCCCCCCCCc1cccc(OC(C)N(C)C)c1. The van der Waals surface area contributed by atoms with Crippen molar-refractivity contribution in [2.45, 2.75) is 110 Å². The second-order valence-corrected chi connectivity index (χ2v) is 8.32. The van der Waals surface area contributed by atoms with Gasteiger partial charge in [-0.1, -0.05) is 96.1 Å². The quantitative estimate of drug-likeness (QED) is 0.205. The van der Waals surface area contributed by atoms with Crippen molar-refractivity contribution < 1.29 is 4.74 Å². The number of ether oxygens (including phenoxy) is 1. The van der Waals surface area contributed by atoms with Gasteiger partial charge in [0.1, 0.15) is 12.0 Å². The molecule has 1 aromatic carbocycles. The van der Waals surface area contributed by atoms with Gasteiger partial charge in [0.05, 0.1) is 0 Å². The molecule has 156 valence electrons. The molecule has 2 nitrogen and oxygen atoms in total. The molecule has 0 radical (unpaired) electrons. The Morgan fingerprint density at radius 1 is 0.778 bits per heavy atom. The number of unbranched alkanes of at least 4 members (excludes halogenated alkanes) is 12. The summed E-state index contributed by atoms with van der Waals surface area (Å²) in [5.41, 5.74) is 1.40. The largest absolute Gasteiger partial charge is 0.475 e. The molecule has 0 N–H and O–H groups in total. The van der Waals surface area contributed by atoms with Gasteiger partial charge in [-0.3, -0.25) is 4.90 Å². The van der Waals surface area contributed by atoms with E-state index in [1.165, 1.54) is 95.5 Å². The first-order chi connectivity index (χ1) is 13.1. The van der Waals surface area contributed by atoms with Crippen LogP contribution in [0.15, 0.2) is 24.3 Å². The van der Waals surface area contributed by atoms with E-state index >= 15 is 0 Å². The molecule has 0 bridgehead atoms. The number of nitrogens with zero attached hydrogens (tertiary/aromatic N) is 1. The highest BCUT2D eigenvalue weighted by atomic mass is 16.5. The van der Waals surface area contributed by atoms with Crippen LogP contribution in [0.3, 0.4) is 0 Å². The maximum Gasteiger partial charge on any atom is 0.149 e. The summed E-state index contributed by atoms with van der Waals surface area (Å²) >= 11 is 0. The molecule has 0 saturated heterocycles. The molecule has 0 aliphatic heterocycles. The van der Waals surface area contributed by atoms with Crippen LogP contribution >= 0.6 is 0 Å². The van der Waals surface area contributed by atoms with Gasteiger partial charge in [0.25, 0.3) is 0 Å². The number of rotatable bonds is 17. The van der Waals surface area contributed by atoms with Crippen LogP contribution in [0.4, 0.5) is 0 Å². The molecule has 1 atom stereocenters. The molecular weight excluding hydrogens is 330 g/mol. The molecule has 0 heterocycles. The minimum absolute atomic E-state index is 0.108. The van der Waals surface area contributed by atoms with Gasteiger partial charge in [0.15, 0.2) is 0 Å². The van der Waals surface area contributed by atoms with Gasteiger partial charge in [-0.2, -0.15) is 0 Å². The lowest BCUT2D eigenvalue weighted by molar-refractivity contribution is 0.0815. The van der Waals surface area contributed by atoms with Gasteiger partial charge in [-0.05, 0) is 51.6 Å². The Bertz CT molecular complexity index is 457. The zero-order valence-corrected chi connectivity index (χ0v) is 18.6. The van der Waals surface area contributed by atoms with E-state index in [2.05, 4.69) is 43.0 Å². The van der Waals surface area contributed by atoms with Crippen LogP contribution < -0.4 is 4.74 Å². The van der Waals surface area contributed by atoms with Crippen molar-refractivity contribution in [3.63, 3.8) is 0 Å². The van der Waals surface area contributed by atoms with Crippen molar-refractivity contribution in [3.8, 4) is 5.75 Å². The van der Waals surface area contributed by atoms with Crippen LogP contribution in [0.5, 0.6) is 5.75 Å². The first-order valence-electron chi connectivity index (χ1n) is 11.6. The van der Waals surface area contributed by atoms with E-state index in [1.54, 1.807) is 0 Å². The Morgan fingerprint density at radius 3 is 1.81 bits per heavy atom. The first kappa shape index (κ1) is 24.0. The smallest absolute Gasteiger partial charge is 0.149 e. The topological polar surface area (TPSA) is 12.5 Å². The molecule has 0 spiro atoms. The van der Waals surface area contributed by atoms with Crippen molar-refractivity contribution in [1.82, 2.24) is 4.90 Å². The number of hydrogen-bond acceptors (Lipinski definition) is 2. The standard InChI is InChI=1S/C25H45NO/c1-5-6-7-8-9-10-11-12-13-14-15-16-17-19-24-20-18-21-25(22-24)27-23(2)26(3)4/h18,20-23H,5-17,19H2,1-4H3. The molecule has 1 unspecified atom stereocenters. The molecule has 1 rings (SSSR count). The lowest BCUT2D eigenvalue weighted by Gasteiger charge is -2.21. The molecule has 2 heteroatoms. The zero-order chi connectivity index (χ0) is 19.7. The van der Waals surface area contributed by atoms with Crippen LogP contribution in [0.1, 0.15) is 103 Å². The van der Waals surface area contributed by atoms with Crippen molar-refractivity contribution in [2.24, 2.45) is 0 Å². The highest BCUT2D eigenvalue weighted by Gasteiger charge is 2.06.